The molecule has 2 aromatic rings. The van der Waals surface area contributed by atoms with Crippen LogP contribution >= 0.6 is 0 Å². The summed E-state index contributed by atoms with van der Waals surface area (Å²) in [5.74, 6) is 3.52. The van der Waals surface area contributed by atoms with Crippen LogP contribution in [0.5, 0.6) is 5.75 Å². The van der Waals surface area contributed by atoms with Crippen molar-refractivity contribution in [3.63, 3.8) is 0 Å². The zero-order chi connectivity index (χ0) is 20.2. The molecular formula is C24H34N2O3. The zero-order valence-electron chi connectivity index (χ0n) is 17.8. The molecule has 2 aliphatic rings. The first-order valence-corrected chi connectivity index (χ1v) is 11.0. The molecule has 0 saturated carbocycles. The van der Waals surface area contributed by atoms with Gasteiger partial charge in [-0.2, -0.15) is 0 Å². The van der Waals surface area contributed by atoms with Crippen molar-refractivity contribution < 1.29 is 14.3 Å². The maximum Gasteiger partial charge on any atom is 0.123 e. The number of furan rings is 1. The molecule has 0 radical (unpaired) electrons. The van der Waals surface area contributed by atoms with E-state index in [0.29, 0.717) is 5.92 Å². The van der Waals surface area contributed by atoms with Gasteiger partial charge in [0, 0.05) is 44.2 Å². The lowest BCUT2D eigenvalue weighted by atomic mass is 10.0. The molecule has 0 spiro atoms. The number of ether oxygens (including phenoxy) is 1. The Bertz CT molecular complexity index is 795. The first-order valence-electron chi connectivity index (χ1n) is 11.0. The van der Waals surface area contributed by atoms with Crippen LogP contribution in [0.3, 0.4) is 0 Å². The summed E-state index contributed by atoms with van der Waals surface area (Å²) in [5, 5.41) is 9.72. The maximum absolute atomic E-state index is 9.72. The van der Waals surface area contributed by atoms with Gasteiger partial charge in [0.1, 0.15) is 23.9 Å². The van der Waals surface area contributed by atoms with E-state index in [-0.39, 0.29) is 6.10 Å². The number of hydrogen-bond acceptors (Lipinski definition) is 5. The molecule has 2 aliphatic heterocycles. The van der Waals surface area contributed by atoms with Crippen LogP contribution in [0.2, 0.25) is 0 Å². The summed E-state index contributed by atoms with van der Waals surface area (Å²) in [4.78, 5) is 4.94. The zero-order valence-corrected chi connectivity index (χ0v) is 17.8. The molecule has 4 rings (SSSR count). The summed E-state index contributed by atoms with van der Waals surface area (Å²) in [5.41, 5.74) is 2.63. The van der Waals surface area contributed by atoms with Crippen molar-refractivity contribution in [1.82, 2.24) is 9.80 Å². The third-order valence-electron chi connectivity index (χ3n) is 6.27. The topological polar surface area (TPSA) is 49.1 Å². The minimum Gasteiger partial charge on any atom is -0.492 e. The monoisotopic (exact) mass is 398 g/mol. The molecule has 1 unspecified atom stereocenters. The molecule has 5 nitrogen and oxygen atoms in total. The molecule has 1 aromatic carbocycles. The van der Waals surface area contributed by atoms with Gasteiger partial charge in [0.25, 0.3) is 0 Å². The Labute approximate surface area is 174 Å². The minimum absolute atomic E-state index is 0.118. The van der Waals surface area contributed by atoms with E-state index >= 15 is 0 Å². The lowest BCUT2D eigenvalue weighted by Gasteiger charge is -2.29. The van der Waals surface area contributed by atoms with Gasteiger partial charge in [-0.05, 0) is 62.6 Å². The quantitative estimate of drug-likeness (QED) is 0.799. The Hall–Kier alpha value is -1.82. The number of fused-ring (bicyclic) bond motifs is 1. The molecule has 3 heterocycles. The van der Waals surface area contributed by atoms with E-state index in [1.807, 2.05) is 13.0 Å². The number of piperidine rings is 1. The number of rotatable bonds is 6. The minimum atomic E-state index is -0.118. The molecular weight excluding hydrogens is 364 g/mol. The molecule has 29 heavy (non-hydrogen) atoms. The van der Waals surface area contributed by atoms with Crippen LogP contribution < -0.4 is 4.74 Å². The second-order valence-corrected chi connectivity index (χ2v) is 8.71. The fourth-order valence-electron chi connectivity index (χ4n) is 4.36. The molecule has 1 saturated heterocycles. The van der Waals surface area contributed by atoms with E-state index in [4.69, 9.17) is 9.15 Å². The number of likely N-dealkylation sites (tertiary alicyclic amines) is 1. The Morgan fingerprint density at radius 3 is 2.69 bits per heavy atom. The van der Waals surface area contributed by atoms with Gasteiger partial charge in [-0.15, -0.1) is 0 Å². The predicted octanol–water partition coefficient (Wildman–Crippen LogP) is 3.93. The summed E-state index contributed by atoms with van der Waals surface area (Å²) in [6, 6.07) is 10.8. The van der Waals surface area contributed by atoms with Crippen LogP contribution in [-0.2, 0) is 13.1 Å². The normalized spacial score (nSPS) is 20.1. The predicted molar refractivity (Wildman–Crippen MR) is 114 cm³/mol. The molecule has 1 atom stereocenters. The van der Waals surface area contributed by atoms with Gasteiger partial charge in [-0.3, -0.25) is 9.80 Å². The van der Waals surface area contributed by atoms with Crippen molar-refractivity contribution in [3.05, 3.63) is 53.0 Å². The average molecular weight is 399 g/mol. The molecule has 1 aromatic heterocycles. The molecule has 0 bridgehead atoms. The number of nitrogens with zero attached hydrogens (tertiary/aromatic N) is 2. The van der Waals surface area contributed by atoms with E-state index in [1.165, 1.54) is 11.1 Å². The molecule has 0 aliphatic carbocycles. The Morgan fingerprint density at radius 2 is 1.93 bits per heavy atom. The first kappa shape index (κ1) is 20.5. The fraction of sp³-hybridized carbons (Fsp3) is 0.583. The van der Waals surface area contributed by atoms with Gasteiger partial charge in [0.2, 0.25) is 0 Å². The Morgan fingerprint density at radius 1 is 1.10 bits per heavy atom. The van der Waals surface area contributed by atoms with Crippen LogP contribution in [0.25, 0.3) is 0 Å². The molecule has 5 heteroatoms. The van der Waals surface area contributed by atoms with E-state index in [1.54, 1.807) is 0 Å². The second-order valence-electron chi connectivity index (χ2n) is 8.71. The number of benzene rings is 1. The van der Waals surface area contributed by atoms with Crippen molar-refractivity contribution in [1.29, 1.82) is 0 Å². The highest BCUT2D eigenvalue weighted by Crippen LogP contribution is 2.27. The van der Waals surface area contributed by atoms with Crippen LogP contribution in [-0.4, -0.2) is 53.8 Å². The van der Waals surface area contributed by atoms with Crippen molar-refractivity contribution in [2.75, 3.05) is 32.8 Å². The largest absolute Gasteiger partial charge is 0.492 e. The SMILES string of the molecule is Cc1ccc(C(C)CCN2CCOc3ccc(CN4CCC(O)CC4)cc3C2)o1. The highest BCUT2D eigenvalue weighted by Gasteiger charge is 2.20. The Kier molecular flexibility index (Phi) is 6.58. The standard InChI is InChI=1S/C24H34N2O3/c1-18(23-5-3-19(2)29-23)7-10-26-13-14-28-24-6-4-20(15-21(24)17-26)16-25-11-8-22(27)9-12-25/h3-6,15,18,22,27H,7-14,16-17H2,1-2H3. The third-order valence-corrected chi connectivity index (χ3v) is 6.27. The second kappa shape index (κ2) is 9.33. The average Bonchev–Trinajstić information content (AvgIpc) is 3.04. The summed E-state index contributed by atoms with van der Waals surface area (Å²) < 4.78 is 11.8. The van der Waals surface area contributed by atoms with Crippen LogP contribution in [0.15, 0.2) is 34.7 Å². The molecule has 158 valence electrons. The molecule has 1 fully saturated rings. The van der Waals surface area contributed by atoms with E-state index < -0.39 is 0 Å². The summed E-state index contributed by atoms with van der Waals surface area (Å²) in [7, 11) is 0. The van der Waals surface area contributed by atoms with Gasteiger partial charge >= 0.3 is 0 Å². The van der Waals surface area contributed by atoms with Gasteiger partial charge in [0.05, 0.1) is 6.10 Å². The van der Waals surface area contributed by atoms with Crippen molar-refractivity contribution in [2.24, 2.45) is 0 Å². The number of aliphatic hydroxyl groups is 1. The van der Waals surface area contributed by atoms with Gasteiger partial charge in [-0.1, -0.05) is 13.0 Å². The van der Waals surface area contributed by atoms with Crippen molar-refractivity contribution in [2.45, 2.75) is 58.2 Å². The smallest absolute Gasteiger partial charge is 0.123 e. The molecule has 0 amide bonds. The molecule has 1 N–H and O–H groups in total. The van der Waals surface area contributed by atoms with Gasteiger partial charge in [0.15, 0.2) is 0 Å². The fourth-order valence-corrected chi connectivity index (χ4v) is 4.36. The van der Waals surface area contributed by atoms with Crippen molar-refractivity contribution >= 4 is 0 Å². The summed E-state index contributed by atoms with van der Waals surface area (Å²) >= 11 is 0. The Balaban J connectivity index is 1.35. The number of aliphatic hydroxyl groups excluding tert-OH is 1. The number of hydrogen-bond donors (Lipinski definition) is 1. The van der Waals surface area contributed by atoms with Crippen LogP contribution in [0.1, 0.15) is 54.8 Å². The first-order chi connectivity index (χ1) is 14.1. The highest BCUT2D eigenvalue weighted by molar-refractivity contribution is 5.38. The lowest BCUT2D eigenvalue weighted by Crippen LogP contribution is -2.35. The van der Waals surface area contributed by atoms with Crippen LogP contribution in [0, 0.1) is 6.92 Å². The number of aryl methyl sites for hydroxylation is 1. The van der Waals surface area contributed by atoms with Gasteiger partial charge in [-0.25, -0.2) is 0 Å². The van der Waals surface area contributed by atoms with E-state index in [2.05, 4.69) is 41.0 Å². The third kappa shape index (κ3) is 5.41. The summed E-state index contributed by atoms with van der Waals surface area (Å²) in [6.07, 6.45) is 2.73. The van der Waals surface area contributed by atoms with Crippen molar-refractivity contribution in [3.8, 4) is 5.75 Å². The van der Waals surface area contributed by atoms with E-state index in [9.17, 15) is 5.11 Å². The van der Waals surface area contributed by atoms with Crippen LogP contribution in [0.4, 0.5) is 0 Å². The maximum atomic E-state index is 9.72. The van der Waals surface area contributed by atoms with E-state index in [0.717, 1.165) is 82.4 Å². The van der Waals surface area contributed by atoms with Gasteiger partial charge < -0.3 is 14.3 Å². The highest BCUT2D eigenvalue weighted by atomic mass is 16.5. The summed E-state index contributed by atoms with van der Waals surface area (Å²) in [6.45, 7) is 10.8. The lowest BCUT2D eigenvalue weighted by molar-refractivity contribution is 0.0792.